The summed E-state index contributed by atoms with van der Waals surface area (Å²) in [6, 6.07) is 0. The molecule has 3 rings (SSSR count). The zero-order chi connectivity index (χ0) is 15.5. The SMILES string of the molecule is Cc1n[nH]c(C)c1CCCNc1nc2c(c(=O)[nH]1)CCNC2. The van der Waals surface area contributed by atoms with E-state index in [2.05, 4.69) is 30.8 Å². The Labute approximate surface area is 129 Å². The highest BCUT2D eigenvalue weighted by molar-refractivity contribution is 5.31. The van der Waals surface area contributed by atoms with Crippen LogP contribution in [0.5, 0.6) is 0 Å². The number of anilines is 1. The standard InChI is InChI=1S/C15H22N6O/c1-9-11(10(2)21-20-9)4-3-6-17-15-18-13-8-16-7-5-12(13)14(22)19-15/h16H,3-8H2,1-2H3,(H,20,21)(H2,17,18,19,22). The summed E-state index contributed by atoms with van der Waals surface area (Å²) in [6.45, 7) is 6.33. The first-order valence-corrected chi connectivity index (χ1v) is 7.72. The lowest BCUT2D eigenvalue weighted by molar-refractivity contribution is 0.619. The van der Waals surface area contributed by atoms with Gasteiger partial charge < -0.3 is 10.6 Å². The molecule has 0 spiro atoms. The molecule has 3 heterocycles. The highest BCUT2D eigenvalue weighted by Gasteiger charge is 2.14. The first kappa shape index (κ1) is 14.8. The molecule has 0 aromatic carbocycles. The van der Waals surface area contributed by atoms with E-state index in [1.54, 1.807) is 0 Å². The van der Waals surface area contributed by atoms with Crippen LogP contribution in [-0.2, 0) is 19.4 Å². The summed E-state index contributed by atoms with van der Waals surface area (Å²) >= 11 is 0. The number of hydrogen-bond donors (Lipinski definition) is 4. The summed E-state index contributed by atoms with van der Waals surface area (Å²) in [7, 11) is 0. The first-order valence-electron chi connectivity index (χ1n) is 7.72. The van der Waals surface area contributed by atoms with Crippen LogP contribution in [0.3, 0.4) is 0 Å². The molecule has 0 radical (unpaired) electrons. The molecule has 1 aliphatic rings. The van der Waals surface area contributed by atoms with Crippen LogP contribution in [0.25, 0.3) is 0 Å². The second-order valence-corrected chi connectivity index (χ2v) is 5.71. The maximum absolute atomic E-state index is 12.0. The normalized spacial score (nSPS) is 13.9. The lowest BCUT2D eigenvalue weighted by Crippen LogP contribution is -2.31. The lowest BCUT2D eigenvalue weighted by atomic mass is 10.1. The number of hydrogen-bond acceptors (Lipinski definition) is 5. The van der Waals surface area contributed by atoms with Gasteiger partial charge in [-0.2, -0.15) is 5.10 Å². The average Bonchev–Trinajstić information content (AvgIpc) is 2.83. The van der Waals surface area contributed by atoms with Gasteiger partial charge in [0.2, 0.25) is 5.95 Å². The summed E-state index contributed by atoms with van der Waals surface area (Å²) in [5, 5.41) is 13.7. The predicted octanol–water partition coefficient (Wildman–Crippen LogP) is 0.800. The number of fused-ring (bicyclic) bond motifs is 1. The van der Waals surface area contributed by atoms with Crippen molar-refractivity contribution >= 4 is 5.95 Å². The molecule has 118 valence electrons. The summed E-state index contributed by atoms with van der Waals surface area (Å²) in [6.07, 6.45) is 2.66. The van der Waals surface area contributed by atoms with Gasteiger partial charge in [0.1, 0.15) is 0 Å². The maximum atomic E-state index is 12.0. The minimum Gasteiger partial charge on any atom is -0.356 e. The molecule has 0 fully saturated rings. The molecular weight excluding hydrogens is 280 g/mol. The Hall–Kier alpha value is -2.15. The van der Waals surface area contributed by atoms with E-state index in [0.717, 1.165) is 55.0 Å². The number of aryl methyl sites for hydroxylation is 2. The summed E-state index contributed by atoms with van der Waals surface area (Å²) in [4.78, 5) is 19.3. The second-order valence-electron chi connectivity index (χ2n) is 5.71. The van der Waals surface area contributed by atoms with E-state index in [1.807, 2.05) is 13.8 Å². The monoisotopic (exact) mass is 302 g/mol. The number of nitrogens with one attached hydrogen (secondary N) is 4. The third-order valence-electron chi connectivity index (χ3n) is 4.12. The van der Waals surface area contributed by atoms with E-state index >= 15 is 0 Å². The van der Waals surface area contributed by atoms with Gasteiger partial charge in [0.05, 0.1) is 11.4 Å². The molecule has 0 atom stereocenters. The van der Waals surface area contributed by atoms with Crippen LogP contribution in [0.4, 0.5) is 5.95 Å². The van der Waals surface area contributed by atoms with Crippen molar-refractivity contribution in [3.05, 3.63) is 38.6 Å². The summed E-state index contributed by atoms with van der Waals surface area (Å²) in [5.74, 6) is 0.563. The van der Waals surface area contributed by atoms with Gasteiger partial charge in [0, 0.05) is 24.3 Å². The third-order valence-corrected chi connectivity index (χ3v) is 4.12. The number of H-pyrrole nitrogens is 2. The Morgan fingerprint density at radius 1 is 1.32 bits per heavy atom. The van der Waals surface area contributed by atoms with E-state index in [1.165, 1.54) is 5.56 Å². The molecule has 0 unspecified atom stereocenters. The Balaban J connectivity index is 1.58. The van der Waals surface area contributed by atoms with E-state index in [0.29, 0.717) is 12.5 Å². The van der Waals surface area contributed by atoms with Crippen LogP contribution < -0.4 is 16.2 Å². The van der Waals surface area contributed by atoms with Gasteiger partial charge in [-0.1, -0.05) is 0 Å². The van der Waals surface area contributed by atoms with Gasteiger partial charge in [-0.15, -0.1) is 0 Å². The molecule has 2 aromatic rings. The number of nitrogens with zero attached hydrogens (tertiary/aromatic N) is 2. The molecule has 1 aliphatic heterocycles. The Kier molecular flexibility index (Phi) is 4.24. The van der Waals surface area contributed by atoms with Crippen LogP contribution in [0, 0.1) is 13.8 Å². The Bertz CT molecular complexity index is 698. The van der Waals surface area contributed by atoms with Crippen molar-refractivity contribution in [1.82, 2.24) is 25.5 Å². The minimum absolute atomic E-state index is 0.0180. The van der Waals surface area contributed by atoms with Crippen LogP contribution in [0.15, 0.2) is 4.79 Å². The van der Waals surface area contributed by atoms with Gasteiger partial charge in [0.25, 0.3) is 5.56 Å². The average molecular weight is 302 g/mol. The highest BCUT2D eigenvalue weighted by atomic mass is 16.1. The fraction of sp³-hybridized carbons (Fsp3) is 0.533. The molecule has 0 amide bonds. The Morgan fingerprint density at radius 2 is 2.18 bits per heavy atom. The van der Waals surface area contributed by atoms with Crippen molar-refractivity contribution < 1.29 is 0 Å². The predicted molar refractivity (Wildman–Crippen MR) is 85.1 cm³/mol. The van der Waals surface area contributed by atoms with E-state index < -0.39 is 0 Å². The zero-order valence-corrected chi connectivity index (χ0v) is 13.0. The van der Waals surface area contributed by atoms with Crippen LogP contribution in [0.2, 0.25) is 0 Å². The summed E-state index contributed by atoms with van der Waals surface area (Å²) < 4.78 is 0. The molecule has 2 aromatic heterocycles. The largest absolute Gasteiger partial charge is 0.356 e. The van der Waals surface area contributed by atoms with Crippen LogP contribution in [0.1, 0.15) is 34.6 Å². The van der Waals surface area contributed by atoms with Crippen molar-refractivity contribution in [2.45, 2.75) is 39.7 Å². The molecule has 22 heavy (non-hydrogen) atoms. The zero-order valence-electron chi connectivity index (χ0n) is 13.0. The van der Waals surface area contributed by atoms with Crippen molar-refractivity contribution in [2.24, 2.45) is 0 Å². The molecule has 0 bridgehead atoms. The van der Waals surface area contributed by atoms with Gasteiger partial charge in [-0.05, 0) is 45.2 Å². The first-order chi connectivity index (χ1) is 10.6. The highest BCUT2D eigenvalue weighted by Crippen LogP contribution is 2.12. The third kappa shape index (κ3) is 3.04. The Morgan fingerprint density at radius 3 is 2.95 bits per heavy atom. The minimum atomic E-state index is -0.0180. The van der Waals surface area contributed by atoms with Gasteiger partial charge in [-0.25, -0.2) is 4.98 Å². The fourth-order valence-electron chi connectivity index (χ4n) is 2.87. The second kappa shape index (κ2) is 6.31. The molecule has 0 saturated heterocycles. The van der Waals surface area contributed by atoms with Crippen molar-refractivity contribution in [3.8, 4) is 0 Å². The van der Waals surface area contributed by atoms with Gasteiger partial charge >= 0.3 is 0 Å². The lowest BCUT2D eigenvalue weighted by Gasteiger charge is -2.16. The molecule has 4 N–H and O–H groups in total. The molecule has 0 saturated carbocycles. The number of aromatic nitrogens is 4. The van der Waals surface area contributed by atoms with E-state index in [4.69, 9.17) is 0 Å². The molecular formula is C15H22N6O. The topological polar surface area (TPSA) is 98.5 Å². The van der Waals surface area contributed by atoms with Crippen LogP contribution in [-0.4, -0.2) is 33.3 Å². The van der Waals surface area contributed by atoms with E-state index in [-0.39, 0.29) is 5.56 Å². The maximum Gasteiger partial charge on any atom is 0.255 e. The molecule has 0 aliphatic carbocycles. The van der Waals surface area contributed by atoms with E-state index in [9.17, 15) is 4.79 Å². The summed E-state index contributed by atoms with van der Waals surface area (Å²) in [5.41, 5.74) is 5.12. The van der Waals surface area contributed by atoms with Crippen molar-refractivity contribution in [1.29, 1.82) is 0 Å². The number of aromatic amines is 2. The molecule has 7 heteroatoms. The molecule has 7 nitrogen and oxygen atoms in total. The smallest absolute Gasteiger partial charge is 0.255 e. The van der Waals surface area contributed by atoms with Gasteiger partial charge in [0.15, 0.2) is 0 Å². The number of rotatable bonds is 5. The fourth-order valence-corrected chi connectivity index (χ4v) is 2.87. The van der Waals surface area contributed by atoms with Crippen LogP contribution >= 0.6 is 0 Å². The van der Waals surface area contributed by atoms with Crippen molar-refractivity contribution in [3.63, 3.8) is 0 Å². The quantitative estimate of drug-likeness (QED) is 0.612. The van der Waals surface area contributed by atoms with Gasteiger partial charge in [-0.3, -0.25) is 14.9 Å². The van der Waals surface area contributed by atoms with Crippen molar-refractivity contribution in [2.75, 3.05) is 18.4 Å².